The Hall–Kier alpha value is -1.75. The van der Waals surface area contributed by atoms with Crippen LogP contribution >= 0.6 is 0 Å². The van der Waals surface area contributed by atoms with Crippen LogP contribution in [0.25, 0.3) is 0 Å². The van der Waals surface area contributed by atoms with Crippen LogP contribution in [0.3, 0.4) is 0 Å². The summed E-state index contributed by atoms with van der Waals surface area (Å²) in [5.41, 5.74) is 0.564. The van der Waals surface area contributed by atoms with Crippen LogP contribution in [0.15, 0.2) is 23.8 Å². The molecule has 4 aliphatic carbocycles. The molecule has 5 nitrogen and oxygen atoms in total. The number of hydrogen-bond donors (Lipinski definition) is 1. The van der Waals surface area contributed by atoms with Crippen LogP contribution in [0.1, 0.15) is 53.4 Å². The minimum absolute atomic E-state index is 0.0188. The minimum Gasteiger partial charge on any atom is -0.458 e. The second kappa shape index (κ2) is 6.90. The number of ether oxygens (including phenoxy) is 1. The van der Waals surface area contributed by atoms with E-state index in [0.717, 1.165) is 24.8 Å². The second-order valence-corrected chi connectivity index (χ2v) is 10.2. The number of aliphatic hydroxyl groups excluding tert-OH is 1. The zero-order valence-electron chi connectivity index (χ0n) is 17.8. The zero-order valence-corrected chi connectivity index (χ0v) is 17.8. The van der Waals surface area contributed by atoms with E-state index in [-0.39, 0.29) is 46.8 Å². The van der Waals surface area contributed by atoms with Crippen molar-refractivity contribution in [2.45, 2.75) is 59.5 Å². The summed E-state index contributed by atoms with van der Waals surface area (Å²) in [5, 5.41) is 11.3. The molecular weight excluding hydrogens is 368 g/mol. The summed E-state index contributed by atoms with van der Waals surface area (Å²) in [6.07, 6.45) is 8.19. The highest BCUT2D eigenvalue weighted by atomic mass is 16.5. The van der Waals surface area contributed by atoms with E-state index in [1.165, 1.54) is 6.92 Å². The molecule has 0 bridgehead atoms. The summed E-state index contributed by atoms with van der Waals surface area (Å²) >= 11 is 0. The lowest BCUT2D eigenvalue weighted by atomic mass is 9.45. The van der Waals surface area contributed by atoms with Crippen molar-refractivity contribution in [3.05, 3.63) is 23.8 Å². The topological polar surface area (TPSA) is 80.7 Å². The molecule has 8 atom stereocenters. The molecule has 0 amide bonds. The van der Waals surface area contributed by atoms with Gasteiger partial charge in [-0.05, 0) is 61.0 Å². The third-order valence-electron chi connectivity index (χ3n) is 8.62. The molecule has 0 aromatic carbocycles. The van der Waals surface area contributed by atoms with E-state index in [9.17, 15) is 19.5 Å². The minimum atomic E-state index is -0.526. The molecule has 0 saturated heterocycles. The highest BCUT2D eigenvalue weighted by Crippen LogP contribution is 2.66. The lowest BCUT2D eigenvalue weighted by Crippen LogP contribution is -2.57. The number of rotatable bonds is 3. The Morgan fingerprint density at radius 3 is 2.69 bits per heavy atom. The number of allylic oxidation sites excluding steroid dienone is 4. The first-order valence-corrected chi connectivity index (χ1v) is 10.9. The van der Waals surface area contributed by atoms with Crippen molar-refractivity contribution < 1.29 is 24.2 Å². The summed E-state index contributed by atoms with van der Waals surface area (Å²) in [6.45, 7) is 7.65. The van der Waals surface area contributed by atoms with Gasteiger partial charge in [0, 0.05) is 24.2 Å². The summed E-state index contributed by atoms with van der Waals surface area (Å²) in [6, 6.07) is 0. The molecule has 0 unspecified atom stereocenters. The van der Waals surface area contributed by atoms with Gasteiger partial charge in [-0.25, -0.2) is 0 Å². The molecule has 29 heavy (non-hydrogen) atoms. The Kier molecular flexibility index (Phi) is 4.88. The van der Waals surface area contributed by atoms with E-state index in [0.29, 0.717) is 18.3 Å². The average molecular weight is 401 g/mol. The Morgan fingerprint density at radius 2 is 2.00 bits per heavy atom. The molecule has 3 fully saturated rings. The fourth-order valence-electron chi connectivity index (χ4n) is 7.55. The zero-order chi connectivity index (χ0) is 21.1. The molecule has 1 N–H and O–H groups in total. The Balaban J connectivity index is 1.65. The number of Topliss-reactive ketones (excluding diaryl/α,β-unsaturated/α-hetero) is 1. The predicted octanol–water partition coefficient (Wildman–Crippen LogP) is 3.26. The van der Waals surface area contributed by atoms with Crippen LogP contribution in [0.4, 0.5) is 0 Å². The summed E-state index contributed by atoms with van der Waals surface area (Å²) in [5.74, 6) is 0.416. The average Bonchev–Trinajstić information content (AvgIpc) is 2.97. The Bertz CT molecular complexity index is 810. The number of aliphatic hydroxyl groups is 1. The van der Waals surface area contributed by atoms with E-state index in [2.05, 4.69) is 20.8 Å². The normalized spacial score (nSPS) is 45.7. The second-order valence-electron chi connectivity index (χ2n) is 10.2. The maximum atomic E-state index is 12.9. The highest BCUT2D eigenvalue weighted by Gasteiger charge is 2.63. The largest absolute Gasteiger partial charge is 0.458 e. The van der Waals surface area contributed by atoms with E-state index in [4.69, 9.17) is 4.74 Å². The molecule has 0 aromatic rings. The van der Waals surface area contributed by atoms with Crippen molar-refractivity contribution in [1.82, 2.24) is 0 Å². The van der Waals surface area contributed by atoms with Crippen molar-refractivity contribution in [2.24, 2.45) is 40.4 Å². The summed E-state index contributed by atoms with van der Waals surface area (Å²) in [4.78, 5) is 36.0. The number of fused-ring (bicyclic) bond motifs is 5. The number of carbonyl (C=O) groups excluding carboxylic acids is 3. The molecule has 0 spiro atoms. The van der Waals surface area contributed by atoms with Crippen LogP contribution in [0.2, 0.25) is 0 Å². The summed E-state index contributed by atoms with van der Waals surface area (Å²) < 4.78 is 4.99. The van der Waals surface area contributed by atoms with Gasteiger partial charge in [0.05, 0.1) is 6.10 Å². The lowest BCUT2D eigenvalue weighted by molar-refractivity contribution is -0.152. The molecule has 158 valence electrons. The van der Waals surface area contributed by atoms with Crippen molar-refractivity contribution in [3.8, 4) is 0 Å². The lowest BCUT2D eigenvalue weighted by Gasteiger charge is -2.60. The number of carbonyl (C=O) groups is 3. The maximum Gasteiger partial charge on any atom is 0.303 e. The van der Waals surface area contributed by atoms with Crippen molar-refractivity contribution in [2.75, 3.05) is 6.61 Å². The van der Waals surface area contributed by atoms with Gasteiger partial charge in [0.1, 0.15) is 6.61 Å². The van der Waals surface area contributed by atoms with Crippen LogP contribution in [0.5, 0.6) is 0 Å². The summed E-state index contributed by atoms with van der Waals surface area (Å²) in [7, 11) is 0. The van der Waals surface area contributed by atoms with Crippen molar-refractivity contribution in [3.63, 3.8) is 0 Å². The third kappa shape index (κ3) is 3.04. The first kappa shape index (κ1) is 20.5. The standard InChI is InChI=1S/C24H32O5/c1-13-9-16-17-5-6-18(21(28)12-29-14(2)25)24(17,4)11-20(27)22(16)23(3)8-7-15(26)10-19(13)23/h7-8,10,13,16-18,20,22,27H,5-6,9,11-12H2,1-4H3/t13-,16-,17-,18+,20-,22+,23-,24-/m0/s1. The monoisotopic (exact) mass is 400 g/mol. The number of ketones is 2. The van der Waals surface area contributed by atoms with Gasteiger partial charge >= 0.3 is 5.97 Å². The molecule has 4 rings (SSSR count). The predicted molar refractivity (Wildman–Crippen MR) is 108 cm³/mol. The molecule has 0 aliphatic heterocycles. The fraction of sp³-hybridized carbons (Fsp3) is 0.708. The highest BCUT2D eigenvalue weighted by molar-refractivity contribution is 6.01. The van der Waals surface area contributed by atoms with E-state index < -0.39 is 12.1 Å². The van der Waals surface area contributed by atoms with E-state index >= 15 is 0 Å². The van der Waals surface area contributed by atoms with Gasteiger partial charge in [-0.15, -0.1) is 0 Å². The third-order valence-corrected chi connectivity index (χ3v) is 8.62. The van der Waals surface area contributed by atoms with Gasteiger partial charge in [0.2, 0.25) is 0 Å². The molecule has 0 heterocycles. The molecule has 0 radical (unpaired) electrons. The van der Waals surface area contributed by atoms with Crippen LogP contribution in [-0.4, -0.2) is 35.4 Å². The fourth-order valence-corrected chi connectivity index (χ4v) is 7.55. The van der Waals surface area contributed by atoms with Crippen LogP contribution in [-0.2, 0) is 19.1 Å². The molecule has 0 aromatic heterocycles. The van der Waals surface area contributed by atoms with Gasteiger partial charge < -0.3 is 9.84 Å². The first-order chi connectivity index (χ1) is 13.6. The van der Waals surface area contributed by atoms with Crippen LogP contribution in [0, 0.1) is 40.4 Å². The quantitative estimate of drug-likeness (QED) is 0.736. The molecule has 4 aliphatic rings. The van der Waals surface area contributed by atoms with Gasteiger partial charge in [-0.2, -0.15) is 0 Å². The molecular formula is C24H32O5. The Labute approximate surface area is 172 Å². The smallest absolute Gasteiger partial charge is 0.303 e. The number of hydrogen-bond acceptors (Lipinski definition) is 5. The first-order valence-electron chi connectivity index (χ1n) is 10.9. The maximum absolute atomic E-state index is 12.9. The molecule has 5 heteroatoms. The van der Waals surface area contributed by atoms with E-state index in [1.54, 1.807) is 12.2 Å². The van der Waals surface area contributed by atoms with Crippen LogP contribution < -0.4 is 0 Å². The number of esters is 1. The van der Waals surface area contributed by atoms with E-state index in [1.807, 2.05) is 6.08 Å². The van der Waals surface area contributed by atoms with Gasteiger partial charge in [-0.3, -0.25) is 14.4 Å². The van der Waals surface area contributed by atoms with Crippen molar-refractivity contribution >= 4 is 17.5 Å². The molecule has 3 saturated carbocycles. The van der Waals surface area contributed by atoms with Gasteiger partial charge in [0.25, 0.3) is 0 Å². The SMILES string of the molecule is CC(=O)OCC(=O)[C@H]1CC[C@H]2[C@@H]3C[C@H](C)C4=CC(=O)C=C[C@]4(C)[C@H]3[C@@H](O)C[C@]12C. The van der Waals surface area contributed by atoms with Gasteiger partial charge in [0.15, 0.2) is 11.6 Å². The van der Waals surface area contributed by atoms with Crippen molar-refractivity contribution in [1.29, 1.82) is 0 Å². The van der Waals surface area contributed by atoms with Gasteiger partial charge in [-0.1, -0.05) is 32.4 Å². The Morgan fingerprint density at radius 1 is 1.28 bits per heavy atom.